The van der Waals surface area contributed by atoms with Gasteiger partial charge >= 0.3 is 5.51 Å². The summed E-state index contributed by atoms with van der Waals surface area (Å²) in [5, 5.41) is 0.814. The maximum atomic E-state index is 13.5. The highest BCUT2D eigenvalue weighted by molar-refractivity contribution is 7.38. The maximum Gasteiger partial charge on any atom is 0.600 e. The molecule has 1 fully saturated rings. The number of fused-ring (bicyclic) bond motifs is 1. The summed E-state index contributed by atoms with van der Waals surface area (Å²) in [6.07, 6.45) is 5.12. The fraction of sp³-hybridized carbons (Fsp3) is 0.500. The third-order valence-corrected chi connectivity index (χ3v) is 6.45. The Hall–Kier alpha value is -1.03. The molecule has 1 heterocycles. The molecule has 4 heteroatoms. The standard InChI is InChI=1S/C16H18F3S/c1-11-6-5-9-14-13(11)10-15(20(14)16(17,18)19)12-7-3-2-4-8-12/h5-6,9-10,12H,2-4,7-8H2,1H3/q+1. The predicted molar refractivity (Wildman–Crippen MR) is 78.3 cm³/mol. The first-order valence-electron chi connectivity index (χ1n) is 7.11. The first kappa shape index (κ1) is 13.9. The topological polar surface area (TPSA) is 0 Å². The van der Waals surface area contributed by atoms with Gasteiger partial charge in [-0.2, -0.15) is 0 Å². The minimum absolute atomic E-state index is 0.125. The fourth-order valence-electron chi connectivity index (χ4n) is 3.27. The first-order valence-corrected chi connectivity index (χ1v) is 8.33. The maximum absolute atomic E-state index is 13.5. The Bertz CT molecular complexity index is 618. The SMILES string of the molecule is Cc1cccc2c1cc(C1CCCCC1)[s+]2C(F)(F)F. The molecule has 1 aliphatic carbocycles. The molecule has 0 nitrogen and oxygen atoms in total. The Morgan fingerprint density at radius 1 is 1.10 bits per heavy atom. The lowest BCUT2D eigenvalue weighted by Crippen LogP contribution is -2.06. The van der Waals surface area contributed by atoms with Crippen molar-refractivity contribution in [2.24, 2.45) is 0 Å². The van der Waals surface area contributed by atoms with Crippen LogP contribution in [-0.4, -0.2) is 0 Å². The lowest BCUT2D eigenvalue weighted by molar-refractivity contribution is -0.0868. The van der Waals surface area contributed by atoms with Gasteiger partial charge in [0.1, 0.15) is 0 Å². The van der Waals surface area contributed by atoms with Gasteiger partial charge in [-0.1, -0.05) is 31.4 Å². The van der Waals surface area contributed by atoms with Crippen LogP contribution >= 0.6 is 10.5 Å². The zero-order valence-corrected chi connectivity index (χ0v) is 12.3. The predicted octanol–water partition coefficient (Wildman–Crippen LogP) is 6.42. The number of hydrogen-bond acceptors (Lipinski definition) is 0. The largest absolute Gasteiger partial charge is 0.600 e. The van der Waals surface area contributed by atoms with Crippen LogP contribution in [-0.2, 0) is 5.51 Å². The molecule has 0 bridgehead atoms. The van der Waals surface area contributed by atoms with Crippen LogP contribution in [0.3, 0.4) is 0 Å². The number of benzene rings is 1. The lowest BCUT2D eigenvalue weighted by Gasteiger charge is -2.18. The Morgan fingerprint density at radius 2 is 1.80 bits per heavy atom. The smallest absolute Gasteiger partial charge is 0.118 e. The fourth-order valence-corrected chi connectivity index (χ4v) is 5.50. The van der Waals surface area contributed by atoms with Gasteiger partial charge < -0.3 is 0 Å². The number of thiophene rings is 1. The van der Waals surface area contributed by atoms with Crippen molar-refractivity contribution in [2.45, 2.75) is 50.5 Å². The van der Waals surface area contributed by atoms with Crippen LogP contribution in [0.15, 0.2) is 24.3 Å². The van der Waals surface area contributed by atoms with Gasteiger partial charge in [0.05, 0.1) is 10.5 Å². The van der Waals surface area contributed by atoms with E-state index in [4.69, 9.17) is 0 Å². The van der Waals surface area contributed by atoms with Gasteiger partial charge in [0.2, 0.25) is 0 Å². The minimum atomic E-state index is -4.15. The van der Waals surface area contributed by atoms with Crippen molar-refractivity contribution in [1.82, 2.24) is 0 Å². The second kappa shape index (κ2) is 5.06. The van der Waals surface area contributed by atoms with Crippen molar-refractivity contribution in [3.8, 4) is 0 Å². The monoisotopic (exact) mass is 299 g/mol. The van der Waals surface area contributed by atoms with E-state index < -0.39 is 16.0 Å². The van der Waals surface area contributed by atoms with Crippen LogP contribution in [0, 0.1) is 6.92 Å². The van der Waals surface area contributed by atoms with Gasteiger partial charge in [-0.15, -0.1) is 13.2 Å². The van der Waals surface area contributed by atoms with E-state index in [1.165, 1.54) is 0 Å². The molecule has 0 radical (unpaired) electrons. The molecule has 0 aliphatic heterocycles. The molecule has 20 heavy (non-hydrogen) atoms. The van der Waals surface area contributed by atoms with Gasteiger partial charge in [-0.05, 0) is 31.4 Å². The molecule has 1 saturated carbocycles. The number of hydrogen-bond donors (Lipinski definition) is 0. The van der Waals surface area contributed by atoms with Crippen LogP contribution in [0.1, 0.15) is 48.5 Å². The summed E-state index contributed by atoms with van der Waals surface area (Å²) in [6, 6.07) is 7.15. The highest BCUT2D eigenvalue weighted by Gasteiger charge is 2.49. The average molecular weight is 299 g/mol. The molecule has 1 atom stereocenters. The van der Waals surface area contributed by atoms with Crippen LogP contribution in [0.2, 0.25) is 0 Å². The summed E-state index contributed by atoms with van der Waals surface area (Å²) < 4.78 is 41.1. The summed E-state index contributed by atoms with van der Waals surface area (Å²) in [5.74, 6) is 0.125. The molecule has 2 aromatic rings. The number of alkyl halides is 3. The normalized spacial score (nSPS) is 18.7. The molecule has 0 spiro atoms. The van der Waals surface area contributed by atoms with E-state index in [9.17, 15) is 13.2 Å². The molecule has 3 rings (SSSR count). The van der Waals surface area contributed by atoms with Gasteiger partial charge in [0, 0.05) is 17.4 Å². The van der Waals surface area contributed by atoms with E-state index in [1.54, 1.807) is 12.1 Å². The second-order valence-electron chi connectivity index (χ2n) is 5.62. The van der Waals surface area contributed by atoms with Crippen molar-refractivity contribution in [3.05, 3.63) is 34.7 Å². The van der Waals surface area contributed by atoms with E-state index in [2.05, 4.69) is 0 Å². The Morgan fingerprint density at radius 3 is 2.45 bits per heavy atom. The number of halogens is 3. The zero-order valence-electron chi connectivity index (χ0n) is 11.5. The molecule has 1 unspecified atom stereocenters. The van der Waals surface area contributed by atoms with Crippen molar-refractivity contribution >= 4 is 20.6 Å². The second-order valence-corrected chi connectivity index (χ2v) is 7.61. The van der Waals surface area contributed by atoms with Crippen molar-refractivity contribution in [2.75, 3.05) is 0 Å². The quantitative estimate of drug-likeness (QED) is 0.533. The van der Waals surface area contributed by atoms with Crippen molar-refractivity contribution < 1.29 is 13.2 Å². The highest BCUT2D eigenvalue weighted by Crippen LogP contribution is 2.55. The average Bonchev–Trinajstić information content (AvgIpc) is 2.80. The Labute approximate surface area is 119 Å². The minimum Gasteiger partial charge on any atom is -0.118 e. The Balaban J connectivity index is 2.22. The summed E-state index contributed by atoms with van der Waals surface area (Å²) >= 11 is 0. The van der Waals surface area contributed by atoms with Crippen LogP contribution in [0.4, 0.5) is 13.2 Å². The molecule has 1 aliphatic rings. The van der Waals surface area contributed by atoms with E-state index in [1.807, 2.05) is 19.1 Å². The summed E-state index contributed by atoms with van der Waals surface area (Å²) in [7, 11) is -1.70. The van der Waals surface area contributed by atoms with Crippen LogP contribution in [0.25, 0.3) is 10.1 Å². The zero-order chi connectivity index (χ0) is 14.3. The number of rotatable bonds is 1. The van der Waals surface area contributed by atoms with Gasteiger partial charge in [0.25, 0.3) is 0 Å². The molecular weight excluding hydrogens is 281 g/mol. The molecule has 108 valence electrons. The van der Waals surface area contributed by atoms with Crippen molar-refractivity contribution in [1.29, 1.82) is 0 Å². The molecular formula is C16H18F3S+. The molecule has 0 amide bonds. The van der Waals surface area contributed by atoms with E-state index >= 15 is 0 Å². The van der Waals surface area contributed by atoms with Crippen LogP contribution < -0.4 is 0 Å². The highest BCUT2D eigenvalue weighted by atomic mass is 32.2. The molecule has 1 aromatic heterocycles. The van der Waals surface area contributed by atoms with Gasteiger partial charge in [0.15, 0.2) is 9.58 Å². The van der Waals surface area contributed by atoms with Crippen molar-refractivity contribution in [3.63, 3.8) is 0 Å². The summed E-state index contributed by atoms with van der Waals surface area (Å²) in [6.45, 7) is 1.90. The van der Waals surface area contributed by atoms with E-state index in [-0.39, 0.29) is 5.92 Å². The lowest BCUT2D eigenvalue weighted by atomic mass is 9.88. The summed E-state index contributed by atoms with van der Waals surface area (Å²) in [4.78, 5) is 0.640. The third kappa shape index (κ3) is 2.34. The summed E-state index contributed by atoms with van der Waals surface area (Å²) in [5.41, 5.74) is -3.20. The van der Waals surface area contributed by atoms with E-state index in [0.717, 1.165) is 43.1 Å². The van der Waals surface area contributed by atoms with Gasteiger partial charge in [-0.3, -0.25) is 0 Å². The van der Waals surface area contributed by atoms with Crippen LogP contribution in [0.5, 0.6) is 0 Å². The third-order valence-electron chi connectivity index (χ3n) is 4.27. The molecule has 0 N–H and O–H groups in total. The molecule has 0 saturated heterocycles. The van der Waals surface area contributed by atoms with Gasteiger partial charge in [-0.25, -0.2) is 0 Å². The Kier molecular flexibility index (Phi) is 3.53. The number of aryl methyl sites for hydroxylation is 1. The first-order chi connectivity index (χ1) is 9.48. The van der Waals surface area contributed by atoms with E-state index in [0.29, 0.717) is 9.58 Å². The molecule has 1 aromatic carbocycles.